The third-order valence-electron chi connectivity index (χ3n) is 3.50. The lowest BCUT2D eigenvalue weighted by Gasteiger charge is -2.24. The van der Waals surface area contributed by atoms with Crippen molar-refractivity contribution in [3.8, 4) is 0 Å². The summed E-state index contributed by atoms with van der Waals surface area (Å²) in [6, 6.07) is 12.1. The molecule has 0 aliphatic heterocycles. The lowest BCUT2D eigenvalue weighted by atomic mass is 9.99. The highest BCUT2D eigenvalue weighted by molar-refractivity contribution is 5.14. The van der Waals surface area contributed by atoms with Gasteiger partial charge in [-0.05, 0) is 44.6 Å². The highest BCUT2D eigenvalue weighted by atomic mass is 14.9. The van der Waals surface area contributed by atoms with Gasteiger partial charge in [0.05, 0.1) is 0 Å². The van der Waals surface area contributed by atoms with Crippen molar-refractivity contribution in [1.82, 2.24) is 5.32 Å². The Morgan fingerprint density at radius 1 is 1.24 bits per heavy atom. The van der Waals surface area contributed by atoms with Gasteiger partial charge in [-0.1, -0.05) is 42.5 Å². The van der Waals surface area contributed by atoms with Crippen molar-refractivity contribution in [2.75, 3.05) is 0 Å². The Labute approximate surface area is 105 Å². The molecule has 0 bridgehead atoms. The molecular weight excluding hydrogens is 206 g/mol. The molecule has 92 valence electrons. The van der Waals surface area contributed by atoms with Crippen LogP contribution in [0, 0.1) is 0 Å². The molecule has 1 nitrogen and oxygen atoms in total. The predicted octanol–water partition coefficient (Wildman–Crippen LogP) is 3.71. The molecule has 1 heteroatoms. The molecule has 2 atom stereocenters. The maximum atomic E-state index is 3.74. The van der Waals surface area contributed by atoms with Crippen molar-refractivity contribution < 1.29 is 0 Å². The first-order valence-electron chi connectivity index (χ1n) is 6.79. The third-order valence-corrected chi connectivity index (χ3v) is 3.50. The van der Waals surface area contributed by atoms with Gasteiger partial charge in [-0.25, -0.2) is 0 Å². The molecule has 1 aromatic rings. The first-order chi connectivity index (χ1) is 8.34. The summed E-state index contributed by atoms with van der Waals surface area (Å²) in [5, 5.41) is 3.74. The summed E-state index contributed by atoms with van der Waals surface area (Å²) in [4.78, 5) is 0. The number of hydrogen-bond acceptors (Lipinski definition) is 1. The van der Waals surface area contributed by atoms with Crippen molar-refractivity contribution in [2.45, 2.75) is 51.1 Å². The maximum absolute atomic E-state index is 3.74. The van der Waals surface area contributed by atoms with E-state index in [1.807, 2.05) is 0 Å². The first-order valence-corrected chi connectivity index (χ1v) is 6.79. The summed E-state index contributed by atoms with van der Waals surface area (Å²) in [5.74, 6) is 0. The second-order valence-corrected chi connectivity index (χ2v) is 5.07. The monoisotopic (exact) mass is 229 g/mol. The van der Waals surface area contributed by atoms with Gasteiger partial charge in [0.15, 0.2) is 0 Å². The molecule has 0 saturated carbocycles. The van der Waals surface area contributed by atoms with Gasteiger partial charge in [0.2, 0.25) is 0 Å². The van der Waals surface area contributed by atoms with Crippen LogP contribution < -0.4 is 5.32 Å². The number of hydrogen-bond donors (Lipinski definition) is 1. The maximum Gasteiger partial charge on any atom is 0.0107 e. The first kappa shape index (κ1) is 12.4. The lowest BCUT2D eigenvalue weighted by molar-refractivity contribution is 0.404. The quantitative estimate of drug-likeness (QED) is 0.759. The molecule has 1 aliphatic rings. The zero-order valence-electron chi connectivity index (χ0n) is 10.7. The van der Waals surface area contributed by atoms with Crippen LogP contribution in [0.4, 0.5) is 0 Å². The minimum atomic E-state index is 0.617. The summed E-state index contributed by atoms with van der Waals surface area (Å²) in [6.45, 7) is 2.31. The van der Waals surface area contributed by atoms with E-state index in [-0.39, 0.29) is 0 Å². The molecule has 1 aromatic carbocycles. The van der Waals surface area contributed by atoms with E-state index in [2.05, 4.69) is 54.7 Å². The predicted molar refractivity (Wildman–Crippen MR) is 74.1 cm³/mol. The van der Waals surface area contributed by atoms with Gasteiger partial charge in [-0.3, -0.25) is 0 Å². The van der Waals surface area contributed by atoms with E-state index >= 15 is 0 Å². The number of rotatable bonds is 5. The van der Waals surface area contributed by atoms with Crippen molar-refractivity contribution in [2.24, 2.45) is 0 Å². The molecular formula is C16H23N. The molecule has 0 aromatic heterocycles. The molecule has 0 heterocycles. The Kier molecular flexibility index (Phi) is 4.81. The molecule has 2 rings (SSSR count). The van der Waals surface area contributed by atoms with Gasteiger partial charge in [0.1, 0.15) is 0 Å². The van der Waals surface area contributed by atoms with E-state index in [1.54, 1.807) is 0 Å². The summed E-state index contributed by atoms with van der Waals surface area (Å²) in [7, 11) is 0. The largest absolute Gasteiger partial charge is 0.311 e. The summed E-state index contributed by atoms with van der Waals surface area (Å²) < 4.78 is 0. The van der Waals surface area contributed by atoms with Crippen LogP contribution in [-0.4, -0.2) is 12.1 Å². The van der Waals surface area contributed by atoms with Crippen molar-refractivity contribution >= 4 is 0 Å². The van der Waals surface area contributed by atoms with Gasteiger partial charge in [0, 0.05) is 12.1 Å². The van der Waals surface area contributed by atoms with Crippen LogP contribution in [0.3, 0.4) is 0 Å². The van der Waals surface area contributed by atoms with Crippen molar-refractivity contribution in [1.29, 1.82) is 0 Å². The van der Waals surface area contributed by atoms with Crippen LogP contribution in [0.5, 0.6) is 0 Å². The Bertz CT molecular complexity index is 342. The molecule has 17 heavy (non-hydrogen) atoms. The van der Waals surface area contributed by atoms with Gasteiger partial charge < -0.3 is 5.32 Å². The van der Waals surface area contributed by atoms with Crippen LogP contribution in [0.25, 0.3) is 0 Å². The fourth-order valence-electron chi connectivity index (χ4n) is 2.46. The molecule has 0 radical (unpaired) electrons. The highest BCUT2D eigenvalue weighted by Gasteiger charge is 2.12. The van der Waals surface area contributed by atoms with Crippen LogP contribution in [0.15, 0.2) is 42.5 Å². The fourth-order valence-corrected chi connectivity index (χ4v) is 2.46. The highest BCUT2D eigenvalue weighted by Crippen LogP contribution is 2.12. The zero-order valence-corrected chi connectivity index (χ0v) is 10.7. The standard InChI is InChI=1S/C16H23N/c1-14(17-16-10-6-3-7-11-16)12-13-15-8-4-2-5-9-15/h2-6,8-9,14,16-17H,7,10-13H2,1H3. The number of nitrogens with one attached hydrogen (secondary N) is 1. The molecule has 2 unspecified atom stereocenters. The average molecular weight is 229 g/mol. The minimum absolute atomic E-state index is 0.617. The minimum Gasteiger partial charge on any atom is -0.311 e. The van der Waals surface area contributed by atoms with Crippen molar-refractivity contribution in [3.05, 3.63) is 48.0 Å². The SMILES string of the molecule is CC(CCc1ccccc1)NC1CC=CCC1. The number of benzene rings is 1. The van der Waals surface area contributed by atoms with Crippen LogP contribution in [-0.2, 0) is 6.42 Å². The number of aryl methyl sites for hydroxylation is 1. The topological polar surface area (TPSA) is 12.0 Å². The fraction of sp³-hybridized carbons (Fsp3) is 0.500. The normalized spacial score (nSPS) is 21.4. The molecule has 0 amide bonds. The van der Waals surface area contributed by atoms with E-state index in [0.717, 1.165) is 0 Å². The van der Waals surface area contributed by atoms with Crippen LogP contribution in [0.2, 0.25) is 0 Å². The Hall–Kier alpha value is -1.08. The van der Waals surface area contributed by atoms with E-state index in [1.165, 1.54) is 37.7 Å². The lowest BCUT2D eigenvalue weighted by Crippen LogP contribution is -2.37. The van der Waals surface area contributed by atoms with E-state index in [4.69, 9.17) is 0 Å². The van der Waals surface area contributed by atoms with Crippen LogP contribution in [0.1, 0.15) is 38.2 Å². The molecule has 1 aliphatic carbocycles. The Morgan fingerprint density at radius 3 is 2.76 bits per heavy atom. The van der Waals surface area contributed by atoms with Gasteiger partial charge in [0.25, 0.3) is 0 Å². The molecule has 1 N–H and O–H groups in total. The third kappa shape index (κ3) is 4.35. The van der Waals surface area contributed by atoms with E-state index in [9.17, 15) is 0 Å². The second-order valence-electron chi connectivity index (χ2n) is 5.07. The Morgan fingerprint density at radius 2 is 2.06 bits per heavy atom. The number of allylic oxidation sites excluding steroid dienone is 1. The molecule has 0 spiro atoms. The summed E-state index contributed by atoms with van der Waals surface area (Å²) in [5.41, 5.74) is 1.45. The smallest absolute Gasteiger partial charge is 0.0107 e. The Balaban J connectivity index is 1.70. The summed E-state index contributed by atoms with van der Waals surface area (Å²) >= 11 is 0. The van der Waals surface area contributed by atoms with Crippen LogP contribution >= 0.6 is 0 Å². The van der Waals surface area contributed by atoms with Gasteiger partial charge >= 0.3 is 0 Å². The van der Waals surface area contributed by atoms with Gasteiger partial charge in [-0.2, -0.15) is 0 Å². The van der Waals surface area contributed by atoms with Crippen molar-refractivity contribution in [3.63, 3.8) is 0 Å². The van der Waals surface area contributed by atoms with E-state index in [0.29, 0.717) is 12.1 Å². The van der Waals surface area contributed by atoms with Gasteiger partial charge in [-0.15, -0.1) is 0 Å². The molecule has 0 saturated heterocycles. The summed E-state index contributed by atoms with van der Waals surface area (Å²) in [6.07, 6.45) is 10.8. The average Bonchev–Trinajstić information content (AvgIpc) is 2.39. The zero-order chi connectivity index (χ0) is 11.9. The second kappa shape index (κ2) is 6.61. The van der Waals surface area contributed by atoms with E-state index < -0.39 is 0 Å². The molecule has 0 fully saturated rings.